The van der Waals surface area contributed by atoms with Crippen molar-refractivity contribution in [3.8, 4) is 44.5 Å². The molecule has 242 valence electrons. The average Bonchev–Trinajstić information content (AvgIpc) is 3.83. The van der Waals surface area contributed by atoms with E-state index in [-0.39, 0.29) is 29.7 Å². The van der Waals surface area contributed by atoms with Crippen LogP contribution in [0.3, 0.4) is 0 Å². The van der Waals surface area contributed by atoms with Crippen LogP contribution in [0.2, 0.25) is 0 Å². The zero-order chi connectivity index (χ0) is 38.5. The first-order chi connectivity index (χ1) is 27.9. The van der Waals surface area contributed by atoms with E-state index in [0.29, 0.717) is 5.56 Å². The van der Waals surface area contributed by atoms with Gasteiger partial charge < -0.3 is 8.83 Å². The largest absolute Gasteiger partial charge is 0.456 e. The lowest BCUT2D eigenvalue weighted by Gasteiger charge is -2.19. The Morgan fingerprint density at radius 3 is 1.58 bits per heavy atom. The molecule has 11 aromatic rings. The fraction of sp³-hybridized carbons (Fsp3) is 0. The summed E-state index contributed by atoms with van der Waals surface area (Å²) in [7, 11) is 0. The number of hydrogen-bond acceptors (Lipinski definition) is 2. The minimum Gasteiger partial charge on any atom is -0.456 e. The van der Waals surface area contributed by atoms with Gasteiger partial charge in [0.2, 0.25) is 0 Å². The standard InChI is InChI=1S/C50H30O2/c1-2-14-31(15-3-1)46-35-19-4-6-21-37(35)47(38-22-7-5-20-36(38)46)32-16-12-17-33(30-32)48-39(28-29-45-49(48)42-23-9-11-27-44(42)51-45)41-25-13-24-40-34-18-8-10-26-43(34)52-50(40)41/h1-30H/i1D,2D,3D,14D,15D. The third-order valence-electron chi connectivity index (χ3n) is 10.4. The first kappa shape index (κ1) is 24.3. The second kappa shape index (κ2) is 11.3. The molecule has 0 aliphatic heterocycles. The highest BCUT2D eigenvalue weighted by Crippen LogP contribution is 2.48. The molecule has 9 aromatic carbocycles. The van der Waals surface area contributed by atoms with Crippen LogP contribution in [0.4, 0.5) is 0 Å². The number of para-hydroxylation sites is 3. The minimum absolute atomic E-state index is 0.191. The van der Waals surface area contributed by atoms with Gasteiger partial charge in [-0.25, -0.2) is 0 Å². The van der Waals surface area contributed by atoms with Crippen molar-refractivity contribution in [1.82, 2.24) is 0 Å². The molecular weight excluding hydrogens is 633 g/mol. The topological polar surface area (TPSA) is 26.3 Å². The Kier molecular flexibility index (Phi) is 5.28. The van der Waals surface area contributed by atoms with Crippen molar-refractivity contribution in [2.75, 3.05) is 0 Å². The van der Waals surface area contributed by atoms with Gasteiger partial charge in [-0.05, 0) is 85.3 Å². The molecule has 0 fully saturated rings. The molecule has 2 heterocycles. The molecule has 0 spiro atoms. The van der Waals surface area contributed by atoms with Gasteiger partial charge in [0.1, 0.15) is 22.3 Å². The fourth-order valence-corrected chi connectivity index (χ4v) is 8.21. The summed E-state index contributed by atoms with van der Waals surface area (Å²) in [5.74, 6) is 0. The first-order valence-electron chi connectivity index (χ1n) is 19.9. The maximum Gasteiger partial charge on any atom is 0.143 e. The third-order valence-corrected chi connectivity index (χ3v) is 10.4. The van der Waals surface area contributed by atoms with E-state index in [1.807, 2.05) is 72.8 Å². The van der Waals surface area contributed by atoms with Crippen LogP contribution in [-0.4, -0.2) is 0 Å². The van der Waals surface area contributed by atoms with Crippen molar-refractivity contribution >= 4 is 65.4 Å². The van der Waals surface area contributed by atoms with Gasteiger partial charge in [-0.3, -0.25) is 0 Å². The van der Waals surface area contributed by atoms with Gasteiger partial charge in [0.25, 0.3) is 0 Å². The molecule has 0 saturated heterocycles. The van der Waals surface area contributed by atoms with Gasteiger partial charge in [-0.2, -0.15) is 0 Å². The Bertz CT molecular complexity index is 3400. The molecule has 0 radical (unpaired) electrons. The monoisotopic (exact) mass is 667 g/mol. The van der Waals surface area contributed by atoms with Crippen LogP contribution in [0.1, 0.15) is 6.85 Å². The fourth-order valence-electron chi connectivity index (χ4n) is 8.21. The normalized spacial score (nSPS) is 13.2. The predicted molar refractivity (Wildman–Crippen MR) is 218 cm³/mol. The number of rotatable bonds is 4. The lowest BCUT2D eigenvalue weighted by Crippen LogP contribution is -1.92. The summed E-state index contributed by atoms with van der Waals surface area (Å²) in [6.45, 7) is 0. The molecule has 2 aromatic heterocycles. The third kappa shape index (κ3) is 4.25. The van der Waals surface area contributed by atoms with Gasteiger partial charge in [-0.15, -0.1) is 0 Å². The van der Waals surface area contributed by atoms with Gasteiger partial charge in [0, 0.05) is 32.7 Å². The van der Waals surface area contributed by atoms with Crippen molar-refractivity contribution in [3.63, 3.8) is 0 Å². The zero-order valence-electron chi connectivity index (χ0n) is 32.8. The smallest absolute Gasteiger partial charge is 0.143 e. The second-order valence-corrected chi connectivity index (χ2v) is 13.2. The van der Waals surface area contributed by atoms with Crippen molar-refractivity contribution < 1.29 is 15.7 Å². The van der Waals surface area contributed by atoms with E-state index >= 15 is 0 Å². The van der Waals surface area contributed by atoms with Crippen LogP contribution in [0.15, 0.2) is 191 Å². The molecule has 2 heteroatoms. The van der Waals surface area contributed by atoms with Crippen LogP contribution < -0.4 is 0 Å². The molecule has 0 aliphatic rings. The Labute approximate surface area is 306 Å². The Morgan fingerprint density at radius 2 is 0.885 bits per heavy atom. The Morgan fingerprint density at radius 1 is 0.346 bits per heavy atom. The molecule has 0 unspecified atom stereocenters. The Hall–Kier alpha value is -6.90. The molecule has 52 heavy (non-hydrogen) atoms. The number of benzene rings is 9. The second-order valence-electron chi connectivity index (χ2n) is 13.2. The van der Waals surface area contributed by atoms with Crippen LogP contribution in [0.5, 0.6) is 0 Å². The molecule has 0 N–H and O–H groups in total. The van der Waals surface area contributed by atoms with Gasteiger partial charge in [0.05, 0.1) is 6.85 Å². The maximum absolute atomic E-state index is 8.96. The van der Waals surface area contributed by atoms with Crippen molar-refractivity contribution in [2.45, 2.75) is 0 Å². The highest BCUT2D eigenvalue weighted by Gasteiger charge is 2.22. The summed E-state index contributed by atoms with van der Waals surface area (Å²) < 4.78 is 56.3. The highest BCUT2D eigenvalue weighted by atomic mass is 16.3. The number of furan rings is 2. The van der Waals surface area contributed by atoms with Crippen LogP contribution in [-0.2, 0) is 0 Å². The van der Waals surface area contributed by atoms with E-state index in [1.54, 1.807) is 0 Å². The van der Waals surface area contributed by atoms with Crippen LogP contribution in [0.25, 0.3) is 110 Å². The molecular formula is C50H30O2. The number of fused-ring (bicyclic) bond motifs is 8. The molecule has 2 nitrogen and oxygen atoms in total. The lowest BCUT2D eigenvalue weighted by atomic mass is 9.84. The van der Waals surface area contributed by atoms with Crippen molar-refractivity contribution in [3.05, 3.63) is 182 Å². The van der Waals surface area contributed by atoms with Gasteiger partial charge in [0.15, 0.2) is 0 Å². The lowest BCUT2D eigenvalue weighted by molar-refractivity contribution is 0.668. The molecule has 11 rings (SSSR count). The van der Waals surface area contributed by atoms with E-state index in [0.717, 1.165) is 98.8 Å². The van der Waals surface area contributed by atoms with E-state index in [4.69, 9.17) is 15.7 Å². The molecule has 0 atom stereocenters. The summed E-state index contributed by atoms with van der Waals surface area (Å²) in [5.41, 5.74) is 10.1. The first-order valence-corrected chi connectivity index (χ1v) is 17.4. The van der Waals surface area contributed by atoms with Gasteiger partial charge >= 0.3 is 0 Å². The van der Waals surface area contributed by atoms with E-state index < -0.39 is 6.04 Å². The number of hydrogen-bond donors (Lipinski definition) is 0. The maximum atomic E-state index is 8.96. The Balaban J connectivity index is 1.22. The SMILES string of the molecule is [2H]c1c([2H])c([2H])c(-c2c3ccccc3c(-c3cccc(-c4c(-c5cccc6c5oc5ccccc56)ccc5oc6ccccc6c45)c3)c3ccccc23)c([2H])c1[2H]. The van der Waals surface area contributed by atoms with E-state index in [1.165, 1.54) is 0 Å². The molecule has 0 aliphatic carbocycles. The average molecular weight is 668 g/mol. The van der Waals surface area contributed by atoms with Crippen LogP contribution >= 0.6 is 0 Å². The highest BCUT2D eigenvalue weighted by molar-refractivity contribution is 6.22. The zero-order valence-corrected chi connectivity index (χ0v) is 27.8. The summed E-state index contributed by atoms with van der Waals surface area (Å²) in [4.78, 5) is 0. The minimum atomic E-state index is -0.410. The summed E-state index contributed by atoms with van der Waals surface area (Å²) in [6, 6.07) is 49.7. The molecule has 0 saturated carbocycles. The molecule has 0 bridgehead atoms. The van der Waals surface area contributed by atoms with Gasteiger partial charge in [-0.1, -0.05) is 152 Å². The summed E-state index contributed by atoms with van der Waals surface area (Å²) in [6.07, 6.45) is 0. The predicted octanol–water partition coefficient (Wildman–Crippen LogP) is 14.5. The van der Waals surface area contributed by atoms with Crippen LogP contribution in [0, 0.1) is 0 Å². The summed E-state index contributed by atoms with van der Waals surface area (Å²) in [5, 5.41) is 7.58. The summed E-state index contributed by atoms with van der Waals surface area (Å²) >= 11 is 0. The van der Waals surface area contributed by atoms with Crippen molar-refractivity contribution in [2.24, 2.45) is 0 Å². The van der Waals surface area contributed by atoms with E-state index in [9.17, 15) is 0 Å². The van der Waals surface area contributed by atoms with E-state index in [2.05, 4.69) is 78.9 Å². The quantitative estimate of drug-likeness (QED) is 0.175. The van der Waals surface area contributed by atoms with Crippen molar-refractivity contribution in [1.29, 1.82) is 0 Å². The molecule has 0 amide bonds.